The third kappa shape index (κ3) is 7.06. The number of pyridine rings is 1. The fraction of sp³-hybridized carbons (Fsp3) is 0.357. The maximum atomic E-state index is 13.6. The smallest absolute Gasteiger partial charge is 0.307 e. The molecule has 1 aliphatic heterocycles. The quantitative estimate of drug-likeness (QED) is 0.248. The fourth-order valence-corrected chi connectivity index (χ4v) is 6.96. The number of nitrogens with zero attached hydrogens (tertiary/aromatic N) is 2. The second kappa shape index (κ2) is 12.6. The van der Waals surface area contributed by atoms with E-state index in [1.54, 1.807) is 40.8 Å². The molecule has 3 atom stereocenters. The van der Waals surface area contributed by atoms with Crippen LogP contribution in [0, 0.1) is 5.92 Å². The van der Waals surface area contributed by atoms with Crippen molar-refractivity contribution in [3.8, 4) is 0 Å². The van der Waals surface area contributed by atoms with Gasteiger partial charge in [-0.3, -0.25) is 4.79 Å². The molecule has 4 N–H and O–H groups in total. The Morgan fingerprint density at radius 3 is 2.63 bits per heavy atom. The number of nitrogens with two attached hydrogens (primary N) is 1. The van der Waals surface area contributed by atoms with E-state index in [-0.39, 0.29) is 10.9 Å². The predicted molar refractivity (Wildman–Crippen MR) is 153 cm³/mol. The second-order valence-corrected chi connectivity index (χ2v) is 12.2. The van der Waals surface area contributed by atoms with Gasteiger partial charge in [-0.15, -0.1) is 0 Å². The lowest BCUT2D eigenvalue weighted by Crippen LogP contribution is -2.39. The van der Waals surface area contributed by atoms with E-state index in [0.717, 1.165) is 29.7 Å². The molecule has 1 aromatic heterocycles. The van der Waals surface area contributed by atoms with Gasteiger partial charge in [0.15, 0.2) is 0 Å². The van der Waals surface area contributed by atoms with Crippen molar-refractivity contribution in [2.24, 2.45) is 5.92 Å². The van der Waals surface area contributed by atoms with Crippen molar-refractivity contribution in [3.63, 3.8) is 0 Å². The summed E-state index contributed by atoms with van der Waals surface area (Å²) in [7, 11) is -3.66. The molecule has 1 aliphatic rings. The van der Waals surface area contributed by atoms with E-state index in [9.17, 15) is 18.3 Å². The molecule has 0 saturated carbocycles. The van der Waals surface area contributed by atoms with Gasteiger partial charge in [0.25, 0.3) is 0 Å². The Balaban J connectivity index is 1.40. The lowest BCUT2D eigenvalue weighted by atomic mass is 9.93. The predicted octanol–water partition coefficient (Wildman–Crippen LogP) is 4.10. The first-order chi connectivity index (χ1) is 18.2. The van der Waals surface area contributed by atoms with Crippen LogP contribution in [0.25, 0.3) is 0 Å². The highest BCUT2D eigenvalue weighted by molar-refractivity contribution is 7.89. The number of para-hydroxylation sites is 1. The number of aliphatic carboxylic acids is 1. The lowest BCUT2D eigenvalue weighted by molar-refractivity contribution is -0.141. The number of hydrogen-bond donors (Lipinski definition) is 4. The third-order valence-corrected chi connectivity index (χ3v) is 9.52. The second-order valence-electron chi connectivity index (χ2n) is 9.65. The molecule has 3 aromatic rings. The van der Waals surface area contributed by atoms with E-state index in [1.165, 1.54) is 0 Å². The van der Waals surface area contributed by atoms with Crippen molar-refractivity contribution >= 4 is 40.1 Å². The molecule has 0 radical (unpaired) electrons. The van der Waals surface area contributed by atoms with E-state index in [4.69, 9.17) is 5.73 Å². The van der Waals surface area contributed by atoms with Gasteiger partial charge >= 0.3 is 5.97 Å². The van der Waals surface area contributed by atoms with Gasteiger partial charge in [0.2, 0.25) is 10.0 Å². The highest BCUT2D eigenvalue weighted by Crippen LogP contribution is 2.28. The van der Waals surface area contributed by atoms with Crippen LogP contribution >= 0.6 is 12.6 Å². The topological polar surface area (TPSA) is 126 Å². The number of carboxylic acids is 1. The molecule has 0 amide bonds. The van der Waals surface area contributed by atoms with Gasteiger partial charge in [-0.25, -0.2) is 13.4 Å². The van der Waals surface area contributed by atoms with Crippen LogP contribution in [-0.4, -0.2) is 53.2 Å². The molecular weight excluding hydrogens is 520 g/mol. The Hall–Kier alpha value is -3.08. The molecule has 1 saturated heterocycles. The fourth-order valence-electron chi connectivity index (χ4n) is 4.83. The number of aromatic nitrogens is 1. The zero-order valence-electron chi connectivity index (χ0n) is 21.1. The standard InChI is InChI=1S/C28H34N4O4S2/c29-27-14-12-21(18-31-27)17-25(28(33)34)26(37)13-11-20-6-4-10-24(16-20)38(35,36)32-15-5-9-23(32)19-30-22-7-2-1-3-8-22/h1-4,6-8,10,12,14,16,18,23,25-26,30,37H,5,9,11,13,15,17,19H2,(H2,29,31)(H,33,34)/t23-,25?,26?/m0/s1. The lowest BCUT2D eigenvalue weighted by Gasteiger charge is -2.25. The maximum Gasteiger partial charge on any atom is 0.307 e. The normalized spacial score (nSPS) is 17.7. The van der Waals surface area contributed by atoms with Crippen molar-refractivity contribution in [1.29, 1.82) is 0 Å². The number of hydrogen-bond acceptors (Lipinski definition) is 7. The summed E-state index contributed by atoms with van der Waals surface area (Å²) < 4.78 is 28.7. The minimum Gasteiger partial charge on any atom is -0.481 e. The van der Waals surface area contributed by atoms with Crippen molar-refractivity contribution < 1.29 is 18.3 Å². The highest BCUT2D eigenvalue weighted by Gasteiger charge is 2.35. The van der Waals surface area contributed by atoms with Gasteiger partial charge < -0.3 is 16.2 Å². The summed E-state index contributed by atoms with van der Waals surface area (Å²) in [6, 6.07) is 20.0. The summed E-state index contributed by atoms with van der Waals surface area (Å²) in [4.78, 5) is 16.2. The Bertz CT molecular complexity index is 1320. The van der Waals surface area contributed by atoms with Crippen LogP contribution in [0.4, 0.5) is 11.5 Å². The number of carboxylic acid groups (broad SMARTS) is 1. The Labute approximate surface area is 229 Å². The van der Waals surface area contributed by atoms with Crippen molar-refractivity contribution in [3.05, 3.63) is 84.1 Å². The monoisotopic (exact) mass is 554 g/mol. The first-order valence-corrected chi connectivity index (χ1v) is 14.7. The molecule has 202 valence electrons. The average Bonchev–Trinajstić information content (AvgIpc) is 3.40. The number of thiol groups is 1. The van der Waals surface area contributed by atoms with Crippen LogP contribution in [0.2, 0.25) is 0 Å². The summed E-state index contributed by atoms with van der Waals surface area (Å²) in [5, 5.41) is 12.7. The van der Waals surface area contributed by atoms with Gasteiger partial charge in [0, 0.05) is 36.3 Å². The SMILES string of the molecule is Nc1ccc(CC(C(=O)O)C(S)CCc2cccc(S(=O)(=O)N3CCC[C@H]3CNc3ccccc3)c2)cn1. The summed E-state index contributed by atoms with van der Waals surface area (Å²) in [6.07, 6.45) is 4.50. The van der Waals surface area contributed by atoms with Crippen molar-refractivity contribution in [1.82, 2.24) is 9.29 Å². The van der Waals surface area contributed by atoms with Crippen LogP contribution in [0.1, 0.15) is 30.4 Å². The Kier molecular flexibility index (Phi) is 9.30. The van der Waals surface area contributed by atoms with Gasteiger partial charge in [-0.1, -0.05) is 36.4 Å². The molecule has 2 unspecified atom stereocenters. The van der Waals surface area contributed by atoms with Crippen LogP contribution < -0.4 is 11.1 Å². The molecule has 0 spiro atoms. The molecule has 10 heteroatoms. The number of sulfonamides is 1. The minimum atomic E-state index is -3.66. The number of nitrogen functional groups attached to an aromatic ring is 1. The number of carbonyl (C=O) groups is 1. The van der Waals surface area contributed by atoms with E-state index in [2.05, 4.69) is 22.9 Å². The Morgan fingerprint density at radius 1 is 1.13 bits per heavy atom. The first kappa shape index (κ1) is 27.9. The van der Waals surface area contributed by atoms with E-state index in [1.807, 2.05) is 36.4 Å². The molecule has 8 nitrogen and oxygen atoms in total. The molecule has 4 rings (SSSR count). The first-order valence-electron chi connectivity index (χ1n) is 12.7. The summed E-state index contributed by atoms with van der Waals surface area (Å²) >= 11 is 4.61. The molecular formula is C28H34N4O4S2. The number of nitrogens with one attached hydrogen (secondary N) is 1. The van der Waals surface area contributed by atoms with Gasteiger partial charge in [0.1, 0.15) is 5.82 Å². The van der Waals surface area contributed by atoms with Gasteiger partial charge in [-0.2, -0.15) is 16.9 Å². The largest absolute Gasteiger partial charge is 0.481 e. The van der Waals surface area contributed by atoms with Gasteiger partial charge in [-0.05, 0) is 73.6 Å². The van der Waals surface area contributed by atoms with E-state index in [0.29, 0.717) is 38.2 Å². The molecule has 38 heavy (non-hydrogen) atoms. The molecule has 2 heterocycles. The molecule has 0 aliphatic carbocycles. The zero-order chi connectivity index (χ0) is 27.1. The van der Waals surface area contributed by atoms with Crippen LogP contribution in [0.3, 0.4) is 0 Å². The average molecular weight is 555 g/mol. The van der Waals surface area contributed by atoms with E-state index < -0.39 is 27.2 Å². The summed E-state index contributed by atoms with van der Waals surface area (Å²) in [5.41, 5.74) is 8.21. The maximum absolute atomic E-state index is 13.6. The van der Waals surface area contributed by atoms with Gasteiger partial charge in [0.05, 0.1) is 10.8 Å². The third-order valence-electron chi connectivity index (χ3n) is 6.96. The number of benzene rings is 2. The number of anilines is 2. The number of aryl methyl sites for hydroxylation is 1. The van der Waals surface area contributed by atoms with Crippen LogP contribution in [-0.2, 0) is 27.7 Å². The Morgan fingerprint density at radius 2 is 1.92 bits per heavy atom. The van der Waals surface area contributed by atoms with Crippen molar-refractivity contribution in [2.45, 2.75) is 48.3 Å². The van der Waals surface area contributed by atoms with Crippen LogP contribution in [0.5, 0.6) is 0 Å². The highest BCUT2D eigenvalue weighted by atomic mass is 32.2. The van der Waals surface area contributed by atoms with Crippen molar-refractivity contribution in [2.75, 3.05) is 24.1 Å². The van der Waals surface area contributed by atoms with E-state index >= 15 is 0 Å². The molecule has 1 fully saturated rings. The summed E-state index contributed by atoms with van der Waals surface area (Å²) in [5.74, 6) is -1.26. The summed E-state index contributed by atoms with van der Waals surface area (Å²) in [6.45, 7) is 1.04. The van der Waals surface area contributed by atoms with Crippen LogP contribution in [0.15, 0.2) is 77.8 Å². The molecule has 0 bridgehead atoms. The minimum absolute atomic E-state index is 0.121. The molecule has 2 aromatic carbocycles. The zero-order valence-corrected chi connectivity index (χ0v) is 22.8. The number of rotatable bonds is 12.